The molecule has 3 N–H and O–H groups in total. The zero-order valence-electron chi connectivity index (χ0n) is 7.01. The summed E-state index contributed by atoms with van der Waals surface area (Å²) in [6.07, 6.45) is 1.78. The minimum atomic E-state index is -0.259. The van der Waals surface area contributed by atoms with Gasteiger partial charge in [0.1, 0.15) is 0 Å². The SMILES string of the molecule is Cl.Cl.NCC1(CF)CCNCC1. The van der Waals surface area contributed by atoms with Gasteiger partial charge in [-0.3, -0.25) is 4.39 Å². The number of rotatable bonds is 2. The van der Waals surface area contributed by atoms with Crippen LogP contribution in [0.3, 0.4) is 0 Å². The van der Waals surface area contributed by atoms with Gasteiger partial charge < -0.3 is 11.1 Å². The predicted octanol–water partition coefficient (Wildman–Crippen LogP) is 1.13. The van der Waals surface area contributed by atoms with Gasteiger partial charge in [0.15, 0.2) is 0 Å². The first-order valence-electron chi connectivity index (χ1n) is 3.80. The molecule has 1 fully saturated rings. The zero-order valence-corrected chi connectivity index (χ0v) is 8.65. The Hall–Kier alpha value is 0.430. The van der Waals surface area contributed by atoms with Crippen LogP contribution in [0.5, 0.6) is 0 Å². The van der Waals surface area contributed by atoms with Gasteiger partial charge in [-0.2, -0.15) is 0 Å². The molecule has 1 rings (SSSR count). The average molecular weight is 219 g/mol. The minimum Gasteiger partial charge on any atom is -0.330 e. The van der Waals surface area contributed by atoms with E-state index in [1.165, 1.54) is 0 Å². The first-order chi connectivity index (χ1) is 4.83. The molecule has 2 nitrogen and oxygen atoms in total. The van der Waals surface area contributed by atoms with Crippen LogP contribution in [-0.4, -0.2) is 26.3 Å². The molecular weight excluding hydrogens is 202 g/mol. The first kappa shape index (κ1) is 14.9. The second kappa shape index (κ2) is 6.89. The molecule has 0 aromatic rings. The second-order valence-electron chi connectivity index (χ2n) is 3.09. The van der Waals surface area contributed by atoms with E-state index in [1.54, 1.807) is 0 Å². The fourth-order valence-corrected chi connectivity index (χ4v) is 1.35. The quantitative estimate of drug-likeness (QED) is 0.730. The third kappa shape index (κ3) is 3.44. The van der Waals surface area contributed by atoms with Gasteiger partial charge in [-0.15, -0.1) is 24.8 Å². The van der Waals surface area contributed by atoms with E-state index in [2.05, 4.69) is 5.32 Å². The van der Waals surface area contributed by atoms with Crippen LogP contribution in [0.4, 0.5) is 4.39 Å². The smallest absolute Gasteiger partial charge is 0.0963 e. The van der Waals surface area contributed by atoms with Crippen molar-refractivity contribution in [2.45, 2.75) is 12.8 Å². The molecule has 0 unspecified atom stereocenters. The maximum absolute atomic E-state index is 12.4. The van der Waals surface area contributed by atoms with Crippen LogP contribution in [0.15, 0.2) is 0 Å². The topological polar surface area (TPSA) is 38.0 Å². The van der Waals surface area contributed by atoms with E-state index in [0.717, 1.165) is 25.9 Å². The zero-order chi connectivity index (χ0) is 7.45. The molecule has 12 heavy (non-hydrogen) atoms. The van der Waals surface area contributed by atoms with E-state index in [0.29, 0.717) is 6.54 Å². The normalized spacial score (nSPS) is 20.5. The molecule has 0 amide bonds. The molecular formula is C7H17Cl2FN2. The number of piperidine rings is 1. The lowest BCUT2D eigenvalue weighted by molar-refractivity contribution is 0.157. The summed E-state index contributed by atoms with van der Waals surface area (Å²) >= 11 is 0. The third-order valence-corrected chi connectivity index (χ3v) is 2.38. The number of alkyl halides is 1. The van der Waals surface area contributed by atoms with E-state index >= 15 is 0 Å². The van der Waals surface area contributed by atoms with E-state index in [9.17, 15) is 4.39 Å². The van der Waals surface area contributed by atoms with Crippen LogP contribution < -0.4 is 11.1 Å². The van der Waals surface area contributed by atoms with Gasteiger partial charge in [0, 0.05) is 12.0 Å². The average Bonchev–Trinajstić information content (AvgIpc) is 2.06. The molecule has 76 valence electrons. The lowest BCUT2D eigenvalue weighted by Gasteiger charge is -2.33. The van der Waals surface area contributed by atoms with Crippen molar-refractivity contribution in [3.63, 3.8) is 0 Å². The Morgan fingerprint density at radius 3 is 2.00 bits per heavy atom. The second-order valence-corrected chi connectivity index (χ2v) is 3.09. The Kier molecular flexibility index (Phi) is 8.58. The molecule has 0 atom stereocenters. The van der Waals surface area contributed by atoms with Gasteiger partial charge in [0.2, 0.25) is 0 Å². The van der Waals surface area contributed by atoms with Crippen LogP contribution in [0.25, 0.3) is 0 Å². The number of hydrogen-bond donors (Lipinski definition) is 2. The van der Waals surface area contributed by atoms with Crippen LogP contribution in [-0.2, 0) is 0 Å². The number of nitrogens with one attached hydrogen (secondary N) is 1. The lowest BCUT2D eigenvalue weighted by atomic mass is 9.80. The van der Waals surface area contributed by atoms with E-state index in [-0.39, 0.29) is 36.9 Å². The summed E-state index contributed by atoms with van der Waals surface area (Å²) in [6.45, 7) is 2.07. The summed E-state index contributed by atoms with van der Waals surface area (Å²) in [5, 5.41) is 3.19. The van der Waals surface area contributed by atoms with Gasteiger partial charge in [-0.1, -0.05) is 0 Å². The lowest BCUT2D eigenvalue weighted by Crippen LogP contribution is -2.43. The minimum absolute atomic E-state index is 0. The molecule has 1 aliphatic heterocycles. The Morgan fingerprint density at radius 2 is 1.75 bits per heavy atom. The predicted molar refractivity (Wildman–Crippen MR) is 54.1 cm³/mol. The molecule has 1 saturated heterocycles. The highest BCUT2D eigenvalue weighted by atomic mass is 35.5. The number of hydrogen-bond acceptors (Lipinski definition) is 2. The van der Waals surface area contributed by atoms with Gasteiger partial charge in [0.25, 0.3) is 0 Å². The number of halogens is 3. The Bertz CT molecular complexity index is 102. The van der Waals surface area contributed by atoms with Crippen molar-refractivity contribution in [2.75, 3.05) is 26.3 Å². The molecule has 0 aromatic heterocycles. The molecule has 5 heteroatoms. The Labute approximate surface area is 85.3 Å². The Balaban J connectivity index is 0. The maximum atomic E-state index is 12.4. The standard InChI is InChI=1S/C7H15FN2.2ClH/c8-5-7(6-9)1-3-10-4-2-7;;/h10H,1-6,9H2;2*1H. The van der Waals surface area contributed by atoms with Crippen LogP contribution >= 0.6 is 24.8 Å². The fraction of sp³-hybridized carbons (Fsp3) is 1.00. The molecule has 0 radical (unpaired) electrons. The molecule has 0 spiro atoms. The fourth-order valence-electron chi connectivity index (χ4n) is 1.35. The van der Waals surface area contributed by atoms with E-state index in [1.807, 2.05) is 0 Å². The summed E-state index contributed by atoms with van der Waals surface area (Å²) in [4.78, 5) is 0. The molecule has 1 heterocycles. The molecule has 1 aliphatic rings. The van der Waals surface area contributed by atoms with Gasteiger partial charge in [-0.05, 0) is 25.9 Å². The number of nitrogens with two attached hydrogens (primary N) is 1. The van der Waals surface area contributed by atoms with E-state index < -0.39 is 0 Å². The van der Waals surface area contributed by atoms with Crippen molar-refractivity contribution in [1.29, 1.82) is 0 Å². The molecule has 0 aromatic carbocycles. The van der Waals surface area contributed by atoms with Crippen molar-refractivity contribution in [2.24, 2.45) is 11.1 Å². The van der Waals surface area contributed by atoms with Crippen molar-refractivity contribution in [3.05, 3.63) is 0 Å². The van der Waals surface area contributed by atoms with Crippen LogP contribution in [0.1, 0.15) is 12.8 Å². The van der Waals surface area contributed by atoms with Gasteiger partial charge >= 0.3 is 0 Å². The van der Waals surface area contributed by atoms with E-state index in [4.69, 9.17) is 5.73 Å². The largest absolute Gasteiger partial charge is 0.330 e. The highest BCUT2D eigenvalue weighted by Gasteiger charge is 2.30. The Morgan fingerprint density at radius 1 is 1.25 bits per heavy atom. The molecule has 0 saturated carbocycles. The van der Waals surface area contributed by atoms with Crippen molar-refractivity contribution in [3.8, 4) is 0 Å². The summed E-state index contributed by atoms with van der Waals surface area (Å²) < 4.78 is 12.4. The summed E-state index contributed by atoms with van der Waals surface area (Å²) in [5.74, 6) is 0. The summed E-state index contributed by atoms with van der Waals surface area (Å²) in [5.41, 5.74) is 5.29. The first-order valence-corrected chi connectivity index (χ1v) is 3.80. The summed E-state index contributed by atoms with van der Waals surface area (Å²) in [6, 6.07) is 0. The van der Waals surface area contributed by atoms with Crippen molar-refractivity contribution in [1.82, 2.24) is 5.32 Å². The highest BCUT2D eigenvalue weighted by molar-refractivity contribution is 5.85. The van der Waals surface area contributed by atoms with Crippen molar-refractivity contribution >= 4 is 24.8 Å². The molecule has 0 bridgehead atoms. The highest BCUT2D eigenvalue weighted by Crippen LogP contribution is 2.27. The molecule has 0 aliphatic carbocycles. The third-order valence-electron chi connectivity index (χ3n) is 2.38. The monoisotopic (exact) mass is 218 g/mol. The van der Waals surface area contributed by atoms with Gasteiger partial charge in [-0.25, -0.2) is 0 Å². The van der Waals surface area contributed by atoms with Gasteiger partial charge in [0.05, 0.1) is 6.67 Å². The van der Waals surface area contributed by atoms with Crippen LogP contribution in [0, 0.1) is 5.41 Å². The van der Waals surface area contributed by atoms with Crippen LogP contribution in [0.2, 0.25) is 0 Å². The summed E-state index contributed by atoms with van der Waals surface area (Å²) in [7, 11) is 0. The maximum Gasteiger partial charge on any atom is 0.0963 e. The van der Waals surface area contributed by atoms with Crippen molar-refractivity contribution < 1.29 is 4.39 Å².